The van der Waals surface area contributed by atoms with Gasteiger partial charge >= 0.3 is 0 Å². The van der Waals surface area contributed by atoms with Gasteiger partial charge in [0.05, 0.1) is 18.3 Å². The largest absolute Gasteiger partial charge is 0.467 e. The van der Waals surface area contributed by atoms with E-state index < -0.39 is 6.10 Å². The number of para-hydroxylation sites is 1. The lowest BCUT2D eigenvalue weighted by atomic mass is 10.2. The maximum Gasteiger partial charge on any atom is 0.270 e. The molecule has 0 saturated carbocycles. The fraction of sp³-hybridized carbons (Fsp3) is 0.125. The van der Waals surface area contributed by atoms with Crippen molar-refractivity contribution in [3.8, 4) is 0 Å². The number of carbonyl (C=O) groups is 1. The van der Waals surface area contributed by atoms with Crippen molar-refractivity contribution in [3.63, 3.8) is 0 Å². The molecular formula is C16H14N2O3. The Morgan fingerprint density at radius 3 is 2.86 bits per heavy atom. The molecule has 0 aliphatic carbocycles. The van der Waals surface area contributed by atoms with E-state index in [2.05, 4.69) is 10.3 Å². The second-order valence-electron chi connectivity index (χ2n) is 4.63. The van der Waals surface area contributed by atoms with Crippen molar-refractivity contribution >= 4 is 16.8 Å². The maximum atomic E-state index is 12.0. The van der Waals surface area contributed by atoms with Gasteiger partial charge in [0.1, 0.15) is 17.6 Å². The highest BCUT2D eigenvalue weighted by Crippen LogP contribution is 2.13. The molecule has 5 heteroatoms. The number of pyridine rings is 1. The Morgan fingerprint density at radius 2 is 2.05 bits per heavy atom. The molecule has 0 fully saturated rings. The number of nitrogens with one attached hydrogen (secondary N) is 1. The first-order valence-corrected chi connectivity index (χ1v) is 6.59. The molecule has 3 rings (SSSR count). The van der Waals surface area contributed by atoms with E-state index in [1.807, 2.05) is 30.3 Å². The predicted molar refractivity (Wildman–Crippen MR) is 77.7 cm³/mol. The van der Waals surface area contributed by atoms with Gasteiger partial charge in [-0.2, -0.15) is 0 Å². The summed E-state index contributed by atoms with van der Waals surface area (Å²) in [5.41, 5.74) is 1.08. The fourth-order valence-electron chi connectivity index (χ4n) is 2.05. The van der Waals surface area contributed by atoms with Crippen molar-refractivity contribution in [2.75, 3.05) is 6.54 Å². The van der Waals surface area contributed by atoms with Crippen molar-refractivity contribution in [1.82, 2.24) is 10.3 Å². The second-order valence-corrected chi connectivity index (χ2v) is 4.63. The fourth-order valence-corrected chi connectivity index (χ4v) is 2.05. The number of hydrogen-bond donors (Lipinski definition) is 2. The summed E-state index contributed by atoms with van der Waals surface area (Å²) in [6.07, 6.45) is 0.607. The van der Waals surface area contributed by atoms with Crippen LogP contribution < -0.4 is 5.32 Å². The van der Waals surface area contributed by atoms with Gasteiger partial charge in [-0.05, 0) is 24.3 Å². The zero-order valence-corrected chi connectivity index (χ0v) is 11.2. The number of carbonyl (C=O) groups excluding carboxylic acids is 1. The predicted octanol–water partition coefficient (Wildman–Crippen LogP) is 2.29. The quantitative estimate of drug-likeness (QED) is 0.770. The summed E-state index contributed by atoms with van der Waals surface area (Å²) in [7, 11) is 0. The van der Waals surface area contributed by atoms with Crippen LogP contribution in [0.2, 0.25) is 0 Å². The van der Waals surface area contributed by atoms with E-state index in [1.165, 1.54) is 6.26 Å². The SMILES string of the molecule is O=C(NCC(O)c1ccco1)c1ccc2ccccc2n1. The molecule has 0 bridgehead atoms. The number of nitrogens with zero attached hydrogens (tertiary/aromatic N) is 1. The molecule has 0 aliphatic heterocycles. The Kier molecular flexibility index (Phi) is 3.66. The third-order valence-corrected chi connectivity index (χ3v) is 3.16. The lowest BCUT2D eigenvalue weighted by Crippen LogP contribution is -2.28. The lowest BCUT2D eigenvalue weighted by molar-refractivity contribution is 0.0896. The van der Waals surface area contributed by atoms with E-state index in [1.54, 1.807) is 18.2 Å². The molecule has 2 N–H and O–H groups in total. The number of rotatable bonds is 4. The van der Waals surface area contributed by atoms with Crippen molar-refractivity contribution in [3.05, 3.63) is 66.2 Å². The van der Waals surface area contributed by atoms with Gasteiger partial charge < -0.3 is 14.8 Å². The molecule has 5 nitrogen and oxygen atoms in total. The number of fused-ring (bicyclic) bond motifs is 1. The van der Waals surface area contributed by atoms with E-state index in [4.69, 9.17) is 4.42 Å². The van der Waals surface area contributed by atoms with Gasteiger partial charge in [-0.1, -0.05) is 24.3 Å². The molecule has 1 atom stereocenters. The molecule has 2 aromatic heterocycles. The molecule has 0 saturated heterocycles. The highest BCUT2D eigenvalue weighted by molar-refractivity contribution is 5.94. The zero-order valence-electron chi connectivity index (χ0n) is 11.2. The molecule has 3 aromatic rings. The molecule has 0 spiro atoms. The number of aromatic nitrogens is 1. The van der Waals surface area contributed by atoms with Crippen LogP contribution in [-0.4, -0.2) is 22.5 Å². The first-order chi connectivity index (χ1) is 10.2. The van der Waals surface area contributed by atoms with Crippen molar-refractivity contribution in [2.45, 2.75) is 6.10 Å². The average Bonchev–Trinajstić information content (AvgIpc) is 3.06. The first-order valence-electron chi connectivity index (χ1n) is 6.59. The molecule has 1 amide bonds. The van der Waals surface area contributed by atoms with Gasteiger partial charge in [0.25, 0.3) is 5.91 Å². The van der Waals surface area contributed by atoms with Gasteiger partial charge in [0.15, 0.2) is 0 Å². The van der Waals surface area contributed by atoms with Gasteiger partial charge in [-0.3, -0.25) is 4.79 Å². The number of benzene rings is 1. The molecule has 106 valence electrons. The van der Waals surface area contributed by atoms with Crippen LogP contribution in [0.15, 0.2) is 59.2 Å². The van der Waals surface area contributed by atoms with E-state index in [9.17, 15) is 9.90 Å². The number of aliphatic hydroxyl groups is 1. The van der Waals surface area contributed by atoms with Gasteiger partial charge in [0.2, 0.25) is 0 Å². The minimum absolute atomic E-state index is 0.0703. The Hall–Kier alpha value is -2.66. The van der Waals surface area contributed by atoms with E-state index in [-0.39, 0.29) is 12.5 Å². The standard InChI is InChI=1S/C16H14N2O3/c19-14(15-6-3-9-21-15)10-17-16(20)13-8-7-11-4-1-2-5-12(11)18-13/h1-9,14,19H,10H2,(H,17,20). The van der Waals surface area contributed by atoms with Crippen molar-refractivity contribution < 1.29 is 14.3 Å². The first kappa shape index (κ1) is 13.3. The van der Waals surface area contributed by atoms with E-state index >= 15 is 0 Å². The van der Waals surface area contributed by atoms with E-state index in [0.29, 0.717) is 11.5 Å². The van der Waals surface area contributed by atoms with Crippen molar-refractivity contribution in [2.24, 2.45) is 0 Å². The smallest absolute Gasteiger partial charge is 0.270 e. The molecule has 21 heavy (non-hydrogen) atoms. The average molecular weight is 282 g/mol. The summed E-state index contributed by atoms with van der Waals surface area (Å²) in [6, 6.07) is 14.4. The van der Waals surface area contributed by atoms with Crippen LogP contribution in [-0.2, 0) is 0 Å². The Morgan fingerprint density at radius 1 is 1.19 bits per heavy atom. The van der Waals surface area contributed by atoms with Crippen LogP contribution in [0, 0.1) is 0 Å². The summed E-state index contributed by atoms with van der Waals surface area (Å²) in [5.74, 6) is 0.0909. The monoisotopic (exact) mass is 282 g/mol. The number of hydrogen-bond acceptors (Lipinski definition) is 4. The molecule has 2 heterocycles. The van der Waals surface area contributed by atoms with Crippen LogP contribution in [0.4, 0.5) is 0 Å². The molecule has 0 aliphatic rings. The molecule has 1 aromatic carbocycles. The summed E-state index contributed by atoms with van der Waals surface area (Å²) >= 11 is 0. The van der Waals surface area contributed by atoms with Crippen LogP contribution in [0.1, 0.15) is 22.4 Å². The van der Waals surface area contributed by atoms with Crippen LogP contribution >= 0.6 is 0 Å². The second kappa shape index (κ2) is 5.76. The summed E-state index contributed by atoms with van der Waals surface area (Å²) in [4.78, 5) is 16.3. The molecular weight excluding hydrogens is 268 g/mol. The number of aliphatic hydroxyl groups excluding tert-OH is 1. The normalized spacial score (nSPS) is 12.2. The van der Waals surface area contributed by atoms with Gasteiger partial charge in [0, 0.05) is 5.39 Å². The maximum absolute atomic E-state index is 12.0. The highest BCUT2D eigenvalue weighted by atomic mass is 16.4. The molecule has 0 radical (unpaired) electrons. The molecule has 1 unspecified atom stereocenters. The minimum Gasteiger partial charge on any atom is -0.467 e. The van der Waals surface area contributed by atoms with Crippen LogP contribution in [0.5, 0.6) is 0 Å². The summed E-state index contributed by atoms with van der Waals surface area (Å²) in [6.45, 7) is 0.0703. The number of furan rings is 1. The third-order valence-electron chi connectivity index (χ3n) is 3.16. The van der Waals surface area contributed by atoms with Crippen molar-refractivity contribution in [1.29, 1.82) is 0 Å². The highest BCUT2D eigenvalue weighted by Gasteiger charge is 2.13. The van der Waals surface area contributed by atoms with Crippen LogP contribution in [0.3, 0.4) is 0 Å². The third kappa shape index (κ3) is 2.93. The summed E-state index contributed by atoms with van der Waals surface area (Å²) < 4.78 is 5.07. The van der Waals surface area contributed by atoms with Gasteiger partial charge in [-0.25, -0.2) is 4.98 Å². The Labute approximate surface area is 121 Å². The Bertz CT molecular complexity index is 753. The lowest BCUT2D eigenvalue weighted by Gasteiger charge is -2.09. The topological polar surface area (TPSA) is 75.4 Å². The zero-order chi connectivity index (χ0) is 14.7. The van der Waals surface area contributed by atoms with E-state index in [0.717, 1.165) is 10.9 Å². The number of amides is 1. The minimum atomic E-state index is -0.871. The van der Waals surface area contributed by atoms with Gasteiger partial charge in [-0.15, -0.1) is 0 Å². The van der Waals surface area contributed by atoms with Crippen LogP contribution in [0.25, 0.3) is 10.9 Å². The summed E-state index contributed by atoms with van der Waals surface area (Å²) in [5, 5.41) is 13.5. The Balaban J connectivity index is 1.69.